The second-order valence-corrected chi connectivity index (χ2v) is 11.2. The molecule has 0 aromatic heterocycles. The van der Waals surface area contributed by atoms with Crippen LogP contribution in [0, 0.1) is 0 Å². The average Bonchev–Trinajstić information content (AvgIpc) is 2.20. The molecule has 11 heteroatoms. The van der Waals surface area contributed by atoms with Gasteiger partial charge in [0.15, 0.2) is 9.84 Å². The van der Waals surface area contributed by atoms with Gasteiger partial charge in [0.1, 0.15) is 4.75 Å². The summed E-state index contributed by atoms with van der Waals surface area (Å²) in [6.07, 6.45) is 0.170. The van der Waals surface area contributed by atoms with Crippen LogP contribution in [0.2, 0.25) is 0 Å². The van der Waals surface area contributed by atoms with Crippen LogP contribution in [0.15, 0.2) is 5.16 Å². The number of hydrogen-bond donors (Lipinski definition) is 0. The number of rotatable bonds is 4. The predicted molar refractivity (Wildman–Crippen MR) is 84.2 cm³/mol. The van der Waals surface area contributed by atoms with Crippen molar-refractivity contribution < 1.29 is 18.0 Å². The van der Waals surface area contributed by atoms with Crippen molar-refractivity contribution in [3.63, 3.8) is 0 Å². The molecule has 0 aliphatic heterocycles. The van der Waals surface area contributed by atoms with E-state index in [0.717, 1.165) is 10.6 Å². The second kappa shape index (κ2) is 6.91. The van der Waals surface area contributed by atoms with Crippen molar-refractivity contribution in [1.29, 1.82) is 0 Å². The van der Waals surface area contributed by atoms with Gasteiger partial charge in [0.05, 0.1) is 5.71 Å². The molecule has 0 saturated heterocycles. The molecular formula is C9H15Cl3N2O4S2. The van der Waals surface area contributed by atoms with E-state index in [9.17, 15) is 13.2 Å². The smallest absolute Gasteiger partial charge is 0.297 e. The number of hydrogen-bond acceptors (Lipinski definition) is 6. The Bertz CT molecular complexity index is 500. The highest BCUT2D eigenvalue weighted by Gasteiger charge is 2.34. The van der Waals surface area contributed by atoms with E-state index in [-0.39, 0.29) is 5.71 Å². The number of halogens is 3. The van der Waals surface area contributed by atoms with Gasteiger partial charge in [-0.25, -0.2) is 17.5 Å². The number of nitrogens with zero attached hydrogens (tertiary/aromatic N) is 2. The molecule has 6 nitrogen and oxygen atoms in total. The van der Waals surface area contributed by atoms with Crippen LogP contribution in [0.4, 0.5) is 4.79 Å². The fourth-order valence-corrected chi connectivity index (χ4v) is 2.66. The molecule has 0 aromatic carbocycles. The van der Waals surface area contributed by atoms with Gasteiger partial charge in [-0.1, -0.05) is 40.0 Å². The first-order valence-electron chi connectivity index (χ1n) is 5.13. The summed E-state index contributed by atoms with van der Waals surface area (Å²) < 4.78 is 21.1. The Kier molecular flexibility index (Phi) is 6.95. The summed E-state index contributed by atoms with van der Waals surface area (Å²) in [5.74, 6) is 0. The first-order chi connectivity index (χ1) is 8.68. The highest BCUT2D eigenvalue weighted by Crippen LogP contribution is 2.40. The van der Waals surface area contributed by atoms with Crippen LogP contribution in [0.5, 0.6) is 0 Å². The Morgan fingerprint density at radius 3 is 2.10 bits per heavy atom. The molecular weight excluding hydrogens is 371 g/mol. The van der Waals surface area contributed by atoms with E-state index in [1.807, 2.05) is 0 Å². The zero-order valence-corrected chi connectivity index (χ0v) is 15.4. The quantitative estimate of drug-likeness (QED) is 0.244. The van der Waals surface area contributed by atoms with E-state index in [1.165, 1.54) is 27.8 Å². The van der Waals surface area contributed by atoms with E-state index in [4.69, 9.17) is 34.8 Å². The SMILES string of the molecule is C/C(=N\OC(=O)N(C)SC(Cl)(Cl)Cl)C(C)(C)S(C)(=O)=O. The molecule has 0 heterocycles. The van der Waals surface area contributed by atoms with Gasteiger partial charge in [0, 0.05) is 25.3 Å². The largest absolute Gasteiger partial charge is 0.445 e. The molecule has 0 rings (SSSR count). The molecule has 118 valence electrons. The summed E-state index contributed by atoms with van der Waals surface area (Å²) in [6, 6.07) is 0. The van der Waals surface area contributed by atoms with Gasteiger partial charge < -0.3 is 0 Å². The van der Waals surface area contributed by atoms with Crippen molar-refractivity contribution in [2.24, 2.45) is 5.16 Å². The molecule has 0 radical (unpaired) electrons. The minimum absolute atomic E-state index is 0.126. The van der Waals surface area contributed by atoms with Crippen molar-refractivity contribution in [1.82, 2.24) is 4.31 Å². The van der Waals surface area contributed by atoms with Gasteiger partial charge in [-0.3, -0.25) is 4.84 Å². The third kappa shape index (κ3) is 6.26. The van der Waals surface area contributed by atoms with Crippen molar-refractivity contribution in [3.8, 4) is 0 Å². The standard InChI is InChI=1S/C9H15Cl3N2O4S2/c1-6(8(2,3)20(5,16)17)13-18-7(15)14(4)19-9(10,11)12/h1-5H3/b13-6+. The molecule has 0 N–H and O–H groups in total. The number of amides is 1. The molecule has 0 atom stereocenters. The predicted octanol–water partition coefficient (Wildman–Crippen LogP) is 3.23. The lowest BCUT2D eigenvalue weighted by molar-refractivity contribution is 0.136. The van der Waals surface area contributed by atoms with Crippen LogP contribution in [-0.2, 0) is 14.7 Å². The Labute approximate surface area is 137 Å². The van der Waals surface area contributed by atoms with Crippen LogP contribution >= 0.6 is 46.8 Å². The van der Waals surface area contributed by atoms with E-state index >= 15 is 0 Å². The molecule has 0 fully saturated rings. The third-order valence-electron chi connectivity index (χ3n) is 2.56. The molecule has 0 aliphatic carbocycles. The van der Waals surface area contributed by atoms with Crippen LogP contribution in [0.3, 0.4) is 0 Å². The molecule has 0 aliphatic rings. The average molecular weight is 386 g/mol. The fourth-order valence-electron chi connectivity index (χ4n) is 0.736. The number of alkyl halides is 3. The molecule has 0 bridgehead atoms. The molecule has 0 saturated carbocycles. The normalized spacial score (nSPS) is 14.1. The summed E-state index contributed by atoms with van der Waals surface area (Å²) in [6.45, 7) is 4.35. The molecule has 0 spiro atoms. The number of oxime groups is 1. The number of carbonyl (C=O) groups excluding carboxylic acids is 1. The summed E-state index contributed by atoms with van der Waals surface area (Å²) in [4.78, 5) is 16.2. The van der Waals surface area contributed by atoms with Gasteiger partial charge in [-0.2, -0.15) is 0 Å². The van der Waals surface area contributed by atoms with Crippen LogP contribution in [0.1, 0.15) is 20.8 Å². The Morgan fingerprint density at radius 1 is 1.30 bits per heavy atom. The van der Waals surface area contributed by atoms with E-state index in [1.54, 1.807) is 0 Å². The lowest BCUT2D eigenvalue weighted by atomic mass is 10.1. The zero-order valence-electron chi connectivity index (χ0n) is 11.5. The topological polar surface area (TPSA) is 76.0 Å². The summed E-state index contributed by atoms with van der Waals surface area (Å²) in [7, 11) is -2.08. The Hall–Kier alpha value is 0.110. The monoisotopic (exact) mass is 384 g/mol. The lowest BCUT2D eigenvalue weighted by Crippen LogP contribution is -2.38. The van der Waals surface area contributed by atoms with Crippen LogP contribution in [-0.4, -0.2) is 45.7 Å². The summed E-state index contributed by atoms with van der Waals surface area (Å²) >= 11 is 17.1. The van der Waals surface area contributed by atoms with Gasteiger partial charge in [-0.15, -0.1) is 0 Å². The minimum atomic E-state index is -3.40. The number of carbonyl (C=O) groups is 1. The maximum absolute atomic E-state index is 11.6. The molecule has 0 unspecified atom stereocenters. The third-order valence-corrected chi connectivity index (χ3v) is 5.96. The van der Waals surface area contributed by atoms with Gasteiger partial charge in [0.2, 0.25) is 0 Å². The van der Waals surface area contributed by atoms with Crippen molar-refractivity contribution in [2.45, 2.75) is 28.6 Å². The zero-order chi connectivity index (χ0) is 16.4. The summed E-state index contributed by atoms with van der Waals surface area (Å²) in [5, 5.41) is 3.52. The van der Waals surface area contributed by atoms with Gasteiger partial charge in [0.25, 0.3) is 3.12 Å². The van der Waals surface area contributed by atoms with Gasteiger partial charge >= 0.3 is 6.09 Å². The maximum atomic E-state index is 11.6. The van der Waals surface area contributed by atoms with Crippen LogP contribution < -0.4 is 0 Å². The Morgan fingerprint density at radius 2 is 1.75 bits per heavy atom. The lowest BCUT2D eigenvalue weighted by Gasteiger charge is -2.22. The highest BCUT2D eigenvalue weighted by atomic mass is 35.6. The van der Waals surface area contributed by atoms with E-state index < -0.39 is 23.8 Å². The van der Waals surface area contributed by atoms with Crippen molar-refractivity contribution in [2.75, 3.05) is 13.3 Å². The maximum Gasteiger partial charge on any atom is 0.445 e. The minimum Gasteiger partial charge on any atom is -0.297 e. The fraction of sp³-hybridized carbons (Fsp3) is 0.778. The van der Waals surface area contributed by atoms with Crippen molar-refractivity contribution >= 4 is 68.4 Å². The summed E-state index contributed by atoms with van der Waals surface area (Å²) in [5.41, 5.74) is 0.126. The first-order valence-corrected chi connectivity index (χ1v) is 8.93. The highest BCUT2D eigenvalue weighted by molar-refractivity contribution is 8.03. The molecule has 0 aromatic rings. The van der Waals surface area contributed by atoms with E-state index in [0.29, 0.717) is 11.9 Å². The van der Waals surface area contributed by atoms with Crippen LogP contribution in [0.25, 0.3) is 0 Å². The Balaban J connectivity index is 4.84. The molecule has 1 amide bonds. The second-order valence-electron chi connectivity index (χ2n) is 4.35. The van der Waals surface area contributed by atoms with E-state index in [2.05, 4.69) is 9.99 Å². The number of sulfone groups is 1. The molecule has 20 heavy (non-hydrogen) atoms. The van der Waals surface area contributed by atoms with Crippen molar-refractivity contribution in [3.05, 3.63) is 0 Å². The van der Waals surface area contributed by atoms with Gasteiger partial charge in [-0.05, 0) is 20.8 Å². The first kappa shape index (κ1) is 20.1.